The summed E-state index contributed by atoms with van der Waals surface area (Å²) in [5.41, 5.74) is 1.19. The second-order valence-corrected chi connectivity index (χ2v) is 8.09. The van der Waals surface area contributed by atoms with E-state index < -0.39 is 9.84 Å². The Labute approximate surface area is 121 Å². The predicted octanol–water partition coefficient (Wildman–Crippen LogP) is 1.42. The smallest absolute Gasteiger partial charge is 0.175 e. The summed E-state index contributed by atoms with van der Waals surface area (Å²) < 4.78 is 22.9. The highest BCUT2D eigenvalue weighted by Gasteiger charge is 2.28. The molecule has 20 heavy (non-hydrogen) atoms. The number of benzene rings is 1. The molecule has 0 spiro atoms. The number of likely N-dealkylation sites (tertiary alicyclic amines) is 1. The van der Waals surface area contributed by atoms with Crippen LogP contribution < -0.4 is 5.32 Å². The molecule has 0 radical (unpaired) electrons. The van der Waals surface area contributed by atoms with E-state index in [9.17, 15) is 8.42 Å². The normalized spacial score (nSPS) is 27.4. The lowest BCUT2D eigenvalue weighted by molar-refractivity contribution is 0.251. The van der Waals surface area contributed by atoms with E-state index in [1.54, 1.807) is 12.1 Å². The standard InChI is InChI=1S/C15H22N2O2S/c1-20(18,19)15-6-2-12(3-7-15)10-17-9-8-13-4-5-14(11-17)16-13/h2-3,6-7,13-14,16H,4-5,8-11H2,1H3/t13-,14+/m1/s1. The van der Waals surface area contributed by atoms with Crippen LogP contribution in [0.3, 0.4) is 0 Å². The second kappa shape index (κ2) is 5.47. The van der Waals surface area contributed by atoms with Gasteiger partial charge in [0, 0.05) is 38.0 Å². The summed E-state index contributed by atoms with van der Waals surface area (Å²) in [6, 6.07) is 8.65. The molecule has 0 saturated carbocycles. The highest BCUT2D eigenvalue weighted by molar-refractivity contribution is 7.90. The Morgan fingerprint density at radius 3 is 2.55 bits per heavy atom. The van der Waals surface area contributed by atoms with Gasteiger partial charge in [-0.3, -0.25) is 4.90 Å². The highest BCUT2D eigenvalue weighted by Crippen LogP contribution is 2.21. The molecule has 4 nitrogen and oxygen atoms in total. The number of hydrogen-bond acceptors (Lipinski definition) is 4. The number of hydrogen-bond donors (Lipinski definition) is 1. The SMILES string of the molecule is CS(=O)(=O)c1ccc(CN2CC[C@H]3CC[C@@H](C2)N3)cc1. The molecule has 1 aromatic carbocycles. The van der Waals surface area contributed by atoms with Gasteiger partial charge in [0.05, 0.1) is 4.90 Å². The van der Waals surface area contributed by atoms with E-state index in [1.807, 2.05) is 12.1 Å². The molecular formula is C15H22N2O2S. The summed E-state index contributed by atoms with van der Waals surface area (Å²) in [5.74, 6) is 0. The van der Waals surface area contributed by atoms with Crippen molar-refractivity contribution in [3.8, 4) is 0 Å². The average Bonchev–Trinajstić information content (AvgIpc) is 2.72. The number of sulfone groups is 1. The lowest BCUT2D eigenvalue weighted by Gasteiger charge is -2.24. The monoisotopic (exact) mass is 294 g/mol. The van der Waals surface area contributed by atoms with E-state index in [0.29, 0.717) is 17.0 Å². The summed E-state index contributed by atoms with van der Waals surface area (Å²) >= 11 is 0. The summed E-state index contributed by atoms with van der Waals surface area (Å²) in [5, 5.41) is 3.68. The molecule has 0 aromatic heterocycles. The van der Waals surface area contributed by atoms with Crippen LogP contribution in [0.2, 0.25) is 0 Å². The number of fused-ring (bicyclic) bond motifs is 2. The van der Waals surface area contributed by atoms with Crippen molar-refractivity contribution < 1.29 is 8.42 Å². The van der Waals surface area contributed by atoms with Gasteiger partial charge in [-0.2, -0.15) is 0 Å². The molecule has 2 saturated heterocycles. The molecule has 3 rings (SSSR count). The Hall–Kier alpha value is -0.910. The molecule has 5 heteroatoms. The van der Waals surface area contributed by atoms with Crippen molar-refractivity contribution in [3.63, 3.8) is 0 Å². The van der Waals surface area contributed by atoms with Gasteiger partial charge in [0.15, 0.2) is 9.84 Å². The third kappa shape index (κ3) is 3.22. The highest BCUT2D eigenvalue weighted by atomic mass is 32.2. The summed E-state index contributed by atoms with van der Waals surface area (Å²) in [4.78, 5) is 2.88. The fourth-order valence-corrected chi connectivity index (χ4v) is 3.89. The molecule has 0 amide bonds. The van der Waals surface area contributed by atoms with Crippen LogP contribution >= 0.6 is 0 Å². The number of nitrogens with one attached hydrogen (secondary N) is 1. The van der Waals surface area contributed by atoms with Crippen molar-refractivity contribution >= 4 is 9.84 Å². The van der Waals surface area contributed by atoms with Crippen molar-refractivity contribution in [3.05, 3.63) is 29.8 Å². The summed E-state index contributed by atoms with van der Waals surface area (Å²) in [6.07, 6.45) is 5.08. The number of rotatable bonds is 3. The van der Waals surface area contributed by atoms with Crippen molar-refractivity contribution in [1.29, 1.82) is 0 Å². The molecule has 0 aliphatic carbocycles. The first-order valence-corrected chi connectivity index (χ1v) is 9.17. The maximum absolute atomic E-state index is 11.4. The first-order valence-electron chi connectivity index (χ1n) is 7.28. The van der Waals surface area contributed by atoms with Crippen LogP contribution in [0.15, 0.2) is 29.2 Å². The van der Waals surface area contributed by atoms with Crippen molar-refractivity contribution in [2.24, 2.45) is 0 Å². The van der Waals surface area contributed by atoms with Gasteiger partial charge in [0.1, 0.15) is 0 Å². The van der Waals surface area contributed by atoms with Crippen molar-refractivity contribution in [2.45, 2.75) is 42.8 Å². The molecule has 2 heterocycles. The van der Waals surface area contributed by atoms with Crippen LogP contribution in [0.5, 0.6) is 0 Å². The Bertz CT molecular complexity index is 568. The molecule has 2 aliphatic rings. The summed E-state index contributed by atoms with van der Waals surface area (Å²) in [7, 11) is -3.09. The van der Waals surface area contributed by atoms with E-state index in [-0.39, 0.29) is 0 Å². The first-order chi connectivity index (χ1) is 9.50. The molecule has 2 bridgehead atoms. The van der Waals surface area contributed by atoms with Gasteiger partial charge < -0.3 is 5.32 Å². The van der Waals surface area contributed by atoms with E-state index in [2.05, 4.69) is 10.2 Å². The fraction of sp³-hybridized carbons (Fsp3) is 0.600. The van der Waals surface area contributed by atoms with E-state index in [4.69, 9.17) is 0 Å². The van der Waals surface area contributed by atoms with Gasteiger partial charge in [0.2, 0.25) is 0 Å². The molecule has 0 unspecified atom stereocenters. The zero-order valence-corrected chi connectivity index (χ0v) is 12.7. The van der Waals surface area contributed by atoms with E-state index >= 15 is 0 Å². The molecule has 110 valence electrons. The third-order valence-corrected chi connectivity index (χ3v) is 5.49. The minimum atomic E-state index is -3.09. The van der Waals surface area contributed by atoms with E-state index in [1.165, 1.54) is 31.1 Å². The Morgan fingerprint density at radius 1 is 1.15 bits per heavy atom. The molecule has 1 aromatic rings. The predicted molar refractivity (Wildman–Crippen MR) is 79.4 cm³/mol. The quantitative estimate of drug-likeness (QED) is 0.916. The largest absolute Gasteiger partial charge is 0.310 e. The maximum Gasteiger partial charge on any atom is 0.175 e. The van der Waals surface area contributed by atoms with Gasteiger partial charge in [-0.15, -0.1) is 0 Å². The van der Waals surface area contributed by atoms with Crippen LogP contribution in [-0.4, -0.2) is 44.7 Å². The van der Waals surface area contributed by atoms with Crippen LogP contribution in [-0.2, 0) is 16.4 Å². The van der Waals surface area contributed by atoms with E-state index in [0.717, 1.165) is 19.6 Å². The minimum absolute atomic E-state index is 0.401. The maximum atomic E-state index is 11.4. The topological polar surface area (TPSA) is 49.4 Å². The Kier molecular flexibility index (Phi) is 3.84. The van der Waals surface area contributed by atoms with Gasteiger partial charge in [-0.1, -0.05) is 12.1 Å². The van der Waals surface area contributed by atoms with Crippen molar-refractivity contribution in [2.75, 3.05) is 19.3 Å². The molecule has 2 fully saturated rings. The first kappa shape index (κ1) is 14.0. The Morgan fingerprint density at radius 2 is 1.85 bits per heavy atom. The molecule has 2 atom stereocenters. The Balaban J connectivity index is 1.65. The number of nitrogens with zero attached hydrogens (tertiary/aromatic N) is 1. The zero-order valence-electron chi connectivity index (χ0n) is 11.9. The minimum Gasteiger partial charge on any atom is -0.310 e. The second-order valence-electron chi connectivity index (χ2n) is 6.08. The lowest BCUT2D eigenvalue weighted by atomic mass is 10.1. The van der Waals surface area contributed by atoms with Crippen LogP contribution in [0.1, 0.15) is 24.8 Å². The van der Waals surface area contributed by atoms with Crippen LogP contribution in [0, 0.1) is 0 Å². The fourth-order valence-electron chi connectivity index (χ4n) is 3.26. The van der Waals surface area contributed by atoms with Gasteiger partial charge in [-0.25, -0.2) is 8.42 Å². The molecule has 2 aliphatic heterocycles. The van der Waals surface area contributed by atoms with Gasteiger partial charge in [0.25, 0.3) is 0 Å². The summed E-state index contributed by atoms with van der Waals surface area (Å²) in [6.45, 7) is 3.14. The average molecular weight is 294 g/mol. The van der Waals surface area contributed by atoms with Crippen LogP contribution in [0.4, 0.5) is 0 Å². The lowest BCUT2D eigenvalue weighted by Crippen LogP contribution is -2.34. The van der Waals surface area contributed by atoms with Gasteiger partial charge >= 0.3 is 0 Å². The third-order valence-electron chi connectivity index (χ3n) is 4.37. The molecular weight excluding hydrogens is 272 g/mol. The van der Waals surface area contributed by atoms with Crippen LogP contribution in [0.25, 0.3) is 0 Å². The zero-order chi connectivity index (χ0) is 14.2. The molecule has 1 N–H and O–H groups in total. The van der Waals surface area contributed by atoms with Crippen molar-refractivity contribution in [1.82, 2.24) is 10.2 Å². The van der Waals surface area contributed by atoms with Gasteiger partial charge in [-0.05, 0) is 37.0 Å².